The van der Waals surface area contributed by atoms with Crippen LogP contribution in [-0.4, -0.2) is 20.4 Å². The fourth-order valence-corrected chi connectivity index (χ4v) is 3.53. The Balaban J connectivity index is 2.25. The first-order valence-corrected chi connectivity index (χ1v) is 7.75. The van der Waals surface area contributed by atoms with Gasteiger partial charge in [0.1, 0.15) is 4.90 Å². The van der Waals surface area contributed by atoms with Crippen LogP contribution in [-0.2, 0) is 10.0 Å². The Morgan fingerprint density at radius 1 is 1.30 bits per heavy atom. The number of nitrogens with one attached hydrogen (secondary N) is 1. The quantitative estimate of drug-likeness (QED) is 0.561. The van der Waals surface area contributed by atoms with Gasteiger partial charge in [-0.15, -0.1) is 0 Å². The van der Waals surface area contributed by atoms with Gasteiger partial charge >= 0.3 is 0 Å². The number of allylic oxidation sites excluding steroid dienone is 1. The van der Waals surface area contributed by atoms with E-state index >= 15 is 0 Å². The van der Waals surface area contributed by atoms with E-state index in [0.29, 0.717) is 6.42 Å². The molecule has 0 spiro atoms. The molecule has 2 rings (SSSR count). The zero-order chi connectivity index (χ0) is 14.8. The highest BCUT2D eigenvalue weighted by Crippen LogP contribution is 2.21. The summed E-state index contributed by atoms with van der Waals surface area (Å²) in [6.45, 7) is 0. The van der Waals surface area contributed by atoms with Crippen LogP contribution in [0.1, 0.15) is 29.6 Å². The number of primary amides is 1. The number of carbonyl (C=O) groups excluding carboxylic acids is 1. The SMILES string of the molecule is NC(=O)c1ccc(S(=O)(=O)NC2CC=CCC2)c(N)c1. The lowest BCUT2D eigenvalue weighted by Crippen LogP contribution is -2.35. The Bertz CT molecular complexity index is 653. The van der Waals surface area contributed by atoms with Gasteiger partial charge in [0.25, 0.3) is 0 Å². The first-order valence-electron chi connectivity index (χ1n) is 6.27. The van der Waals surface area contributed by atoms with E-state index in [9.17, 15) is 13.2 Å². The molecule has 0 aliphatic heterocycles. The third kappa shape index (κ3) is 3.17. The predicted octanol–water partition coefficient (Wildman–Crippen LogP) is 0.755. The van der Waals surface area contributed by atoms with Crippen LogP contribution in [0.3, 0.4) is 0 Å². The van der Waals surface area contributed by atoms with Crippen molar-refractivity contribution in [3.05, 3.63) is 35.9 Å². The lowest BCUT2D eigenvalue weighted by atomic mass is 10.0. The molecule has 20 heavy (non-hydrogen) atoms. The van der Waals surface area contributed by atoms with Gasteiger partial charge in [-0.3, -0.25) is 4.79 Å². The summed E-state index contributed by atoms with van der Waals surface area (Å²) in [5, 5.41) is 0. The van der Waals surface area contributed by atoms with Gasteiger partial charge in [-0.1, -0.05) is 12.2 Å². The Labute approximate surface area is 117 Å². The summed E-state index contributed by atoms with van der Waals surface area (Å²) < 4.78 is 27.2. The molecule has 108 valence electrons. The van der Waals surface area contributed by atoms with Gasteiger partial charge in [0.05, 0.1) is 5.69 Å². The molecule has 0 saturated carbocycles. The second-order valence-corrected chi connectivity index (χ2v) is 6.40. The first kappa shape index (κ1) is 14.5. The third-order valence-electron chi connectivity index (χ3n) is 3.17. The highest BCUT2D eigenvalue weighted by molar-refractivity contribution is 7.89. The molecular formula is C13H17N3O3S. The van der Waals surface area contributed by atoms with Crippen LogP contribution in [0.4, 0.5) is 5.69 Å². The molecule has 0 fully saturated rings. The number of benzene rings is 1. The molecule has 1 aliphatic carbocycles. The number of nitrogens with two attached hydrogens (primary N) is 2. The topological polar surface area (TPSA) is 115 Å². The fraction of sp³-hybridized carbons (Fsp3) is 0.308. The summed E-state index contributed by atoms with van der Waals surface area (Å²) in [5.74, 6) is -0.647. The maximum atomic E-state index is 12.3. The Kier molecular flexibility index (Phi) is 4.10. The summed E-state index contributed by atoms with van der Waals surface area (Å²) in [6.07, 6.45) is 6.26. The van der Waals surface area contributed by atoms with Gasteiger partial charge in [0, 0.05) is 11.6 Å². The molecule has 0 bridgehead atoms. The number of hydrogen-bond donors (Lipinski definition) is 3. The van der Waals surface area contributed by atoms with Gasteiger partial charge in [-0.25, -0.2) is 13.1 Å². The van der Waals surface area contributed by atoms with Crippen molar-refractivity contribution in [2.45, 2.75) is 30.2 Å². The van der Waals surface area contributed by atoms with Gasteiger partial charge in [-0.05, 0) is 37.5 Å². The van der Waals surface area contributed by atoms with E-state index in [4.69, 9.17) is 11.5 Å². The summed E-state index contributed by atoms with van der Waals surface area (Å²) in [7, 11) is -3.69. The summed E-state index contributed by atoms with van der Waals surface area (Å²) >= 11 is 0. The van der Waals surface area contributed by atoms with E-state index in [-0.39, 0.29) is 22.2 Å². The average molecular weight is 295 g/mol. The van der Waals surface area contributed by atoms with Crippen molar-refractivity contribution in [2.24, 2.45) is 5.73 Å². The van der Waals surface area contributed by atoms with Crippen LogP contribution in [0, 0.1) is 0 Å². The minimum atomic E-state index is -3.69. The predicted molar refractivity (Wildman–Crippen MR) is 76.5 cm³/mol. The Morgan fingerprint density at radius 3 is 2.60 bits per heavy atom. The lowest BCUT2D eigenvalue weighted by Gasteiger charge is -2.20. The monoisotopic (exact) mass is 295 g/mol. The molecule has 1 atom stereocenters. The third-order valence-corrected chi connectivity index (χ3v) is 4.77. The molecule has 0 saturated heterocycles. The van der Waals surface area contributed by atoms with E-state index in [1.165, 1.54) is 18.2 Å². The normalized spacial score (nSPS) is 18.9. The van der Waals surface area contributed by atoms with Crippen molar-refractivity contribution < 1.29 is 13.2 Å². The van der Waals surface area contributed by atoms with E-state index in [0.717, 1.165) is 12.8 Å². The van der Waals surface area contributed by atoms with Gasteiger partial charge in [0.2, 0.25) is 15.9 Å². The summed E-state index contributed by atoms with van der Waals surface area (Å²) in [6, 6.07) is 3.81. The molecule has 1 unspecified atom stereocenters. The molecule has 1 aromatic carbocycles. The minimum Gasteiger partial charge on any atom is -0.398 e. The van der Waals surface area contributed by atoms with Crippen molar-refractivity contribution >= 4 is 21.6 Å². The fourth-order valence-electron chi connectivity index (χ4n) is 2.13. The van der Waals surface area contributed by atoms with Crippen LogP contribution < -0.4 is 16.2 Å². The smallest absolute Gasteiger partial charge is 0.248 e. The van der Waals surface area contributed by atoms with Crippen LogP contribution in [0.5, 0.6) is 0 Å². The highest BCUT2D eigenvalue weighted by Gasteiger charge is 2.22. The number of nitrogen functional groups attached to an aromatic ring is 1. The molecule has 0 radical (unpaired) electrons. The summed E-state index contributed by atoms with van der Waals surface area (Å²) in [4.78, 5) is 11.0. The Hall–Kier alpha value is -1.86. The van der Waals surface area contributed by atoms with E-state index in [2.05, 4.69) is 4.72 Å². The van der Waals surface area contributed by atoms with Gasteiger partial charge in [0.15, 0.2) is 0 Å². The number of carbonyl (C=O) groups is 1. The number of hydrogen-bond acceptors (Lipinski definition) is 4. The first-order chi connectivity index (χ1) is 9.40. The van der Waals surface area contributed by atoms with E-state index < -0.39 is 15.9 Å². The zero-order valence-corrected chi connectivity index (χ0v) is 11.7. The standard InChI is InChI=1S/C13H17N3O3S/c14-11-8-9(13(15)17)6-7-12(11)20(18,19)16-10-4-2-1-3-5-10/h1-2,6-8,10,16H,3-5,14H2,(H2,15,17). The van der Waals surface area contributed by atoms with Gasteiger partial charge in [-0.2, -0.15) is 0 Å². The van der Waals surface area contributed by atoms with E-state index in [1.807, 2.05) is 12.2 Å². The van der Waals surface area contributed by atoms with Crippen molar-refractivity contribution in [2.75, 3.05) is 5.73 Å². The number of sulfonamides is 1. The molecule has 6 nitrogen and oxygen atoms in total. The Morgan fingerprint density at radius 2 is 2.05 bits per heavy atom. The van der Waals surface area contributed by atoms with Crippen LogP contribution >= 0.6 is 0 Å². The van der Waals surface area contributed by atoms with Crippen molar-refractivity contribution in [1.82, 2.24) is 4.72 Å². The molecule has 1 amide bonds. The molecular weight excluding hydrogens is 278 g/mol. The minimum absolute atomic E-state index is 0.0140. The number of anilines is 1. The molecule has 0 aromatic heterocycles. The van der Waals surface area contributed by atoms with Crippen LogP contribution in [0.25, 0.3) is 0 Å². The van der Waals surface area contributed by atoms with E-state index in [1.54, 1.807) is 0 Å². The lowest BCUT2D eigenvalue weighted by molar-refractivity contribution is 0.1000. The maximum absolute atomic E-state index is 12.3. The highest BCUT2D eigenvalue weighted by atomic mass is 32.2. The van der Waals surface area contributed by atoms with Gasteiger partial charge < -0.3 is 11.5 Å². The molecule has 1 aliphatic rings. The van der Waals surface area contributed by atoms with Crippen molar-refractivity contribution in [3.63, 3.8) is 0 Å². The molecule has 1 aromatic rings. The second kappa shape index (κ2) is 5.64. The second-order valence-electron chi connectivity index (χ2n) is 4.72. The molecule has 0 heterocycles. The summed E-state index contributed by atoms with van der Waals surface area (Å²) in [5.41, 5.74) is 11.0. The number of amides is 1. The largest absolute Gasteiger partial charge is 0.398 e. The maximum Gasteiger partial charge on any atom is 0.248 e. The van der Waals surface area contributed by atoms with Crippen molar-refractivity contribution in [3.8, 4) is 0 Å². The number of rotatable bonds is 4. The van der Waals surface area contributed by atoms with Crippen molar-refractivity contribution in [1.29, 1.82) is 0 Å². The van der Waals surface area contributed by atoms with Crippen LogP contribution in [0.2, 0.25) is 0 Å². The van der Waals surface area contributed by atoms with Crippen LogP contribution in [0.15, 0.2) is 35.2 Å². The molecule has 5 N–H and O–H groups in total. The average Bonchev–Trinajstić information content (AvgIpc) is 2.38. The zero-order valence-electron chi connectivity index (χ0n) is 10.9. The molecule has 7 heteroatoms.